The first-order valence-electron chi connectivity index (χ1n) is 5.79. The van der Waals surface area contributed by atoms with Crippen LogP contribution in [-0.2, 0) is 10.0 Å². The van der Waals surface area contributed by atoms with Gasteiger partial charge in [-0.15, -0.1) is 0 Å². The molecule has 1 aromatic rings. The second kappa shape index (κ2) is 6.04. The molecule has 1 aromatic carbocycles. The van der Waals surface area contributed by atoms with Crippen molar-refractivity contribution in [3.63, 3.8) is 0 Å². The van der Waals surface area contributed by atoms with Gasteiger partial charge < -0.3 is 5.73 Å². The number of nitrogens with two attached hydrogens (primary N) is 1. The molecular weight excluding hydrogens is 316 g/mol. The zero-order valence-electron chi connectivity index (χ0n) is 10.8. The molecule has 0 amide bonds. The summed E-state index contributed by atoms with van der Waals surface area (Å²) in [6.07, 6.45) is 0.785. The summed E-state index contributed by atoms with van der Waals surface area (Å²) in [4.78, 5) is 0.118. The number of sulfonamides is 1. The van der Waals surface area contributed by atoms with Crippen LogP contribution in [0, 0.1) is 5.92 Å². The Hall–Kier alpha value is -0.590. The number of hydrogen-bond donors (Lipinski definition) is 2. The molecule has 0 saturated heterocycles. The Morgan fingerprint density at radius 1 is 1.33 bits per heavy atom. The Morgan fingerprint density at radius 2 is 1.94 bits per heavy atom. The molecule has 1 rings (SSSR count). The van der Waals surface area contributed by atoms with Gasteiger partial charge in [0, 0.05) is 10.5 Å². The minimum Gasteiger partial charge on any atom is -0.398 e. The third kappa shape index (κ3) is 4.26. The van der Waals surface area contributed by atoms with Crippen molar-refractivity contribution < 1.29 is 8.42 Å². The minimum atomic E-state index is -3.56. The fourth-order valence-electron chi connectivity index (χ4n) is 1.82. The lowest BCUT2D eigenvalue weighted by Crippen LogP contribution is -2.33. The summed E-state index contributed by atoms with van der Waals surface area (Å²) in [5.41, 5.74) is 5.96. The van der Waals surface area contributed by atoms with E-state index in [0.29, 0.717) is 10.4 Å². The number of anilines is 1. The van der Waals surface area contributed by atoms with E-state index >= 15 is 0 Å². The molecule has 0 radical (unpaired) electrons. The smallest absolute Gasteiger partial charge is 0.242 e. The topological polar surface area (TPSA) is 72.2 Å². The monoisotopic (exact) mass is 334 g/mol. The minimum absolute atomic E-state index is 0.117. The number of hydrogen-bond acceptors (Lipinski definition) is 3. The Morgan fingerprint density at radius 3 is 2.50 bits per heavy atom. The molecule has 4 nitrogen and oxygen atoms in total. The molecule has 18 heavy (non-hydrogen) atoms. The average Bonchev–Trinajstić information content (AvgIpc) is 2.19. The third-order valence-electron chi connectivity index (χ3n) is 2.45. The summed E-state index contributed by atoms with van der Waals surface area (Å²) >= 11 is 3.25. The van der Waals surface area contributed by atoms with E-state index < -0.39 is 10.0 Å². The normalized spacial score (nSPS) is 13.8. The molecule has 102 valence electrons. The van der Waals surface area contributed by atoms with Crippen molar-refractivity contribution in [3.05, 3.63) is 22.7 Å². The number of nitrogens with one attached hydrogen (secondary N) is 1. The Balaban J connectivity index is 2.96. The number of benzene rings is 1. The van der Waals surface area contributed by atoms with Crippen molar-refractivity contribution in [1.82, 2.24) is 4.72 Å². The lowest BCUT2D eigenvalue weighted by atomic mass is 10.1. The highest BCUT2D eigenvalue weighted by Gasteiger charge is 2.20. The maximum absolute atomic E-state index is 12.2. The van der Waals surface area contributed by atoms with Gasteiger partial charge in [-0.2, -0.15) is 0 Å². The van der Waals surface area contributed by atoms with E-state index in [4.69, 9.17) is 5.73 Å². The lowest BCUT2D eigenvalue weighted by Gasteiger charge is -2.17. The largest absolute Gasteiger partial charge is 0.398 e. The molecule has 6 heteroatoms. The molecule has 0 bridgehead atoms. The van der Waals surface area contributed by atoms with Crippen LogP contribution in [0.15, 0.2) is 27.6 Å². The molecule has 3 N–H and O–H groups in total. The third-order valence-corrected chi connectivity index (χ3v) is 4.58. The average molecular weight is 335 g/mol. The van der Waals surface area contributed by atoms with Crippen LogP contribution in [0.3, 0.4) is 0 Å². The van der Waals surface area contributed by atoms with Crippen molar-refractivity contribution in [3.8, 4) is 0 Å². The van der Waals surface area contributed by atoms with Crippen molar-refractivity contribution in [2.45, 2.75) is 38.1 Å². The SMILES string of the molecule is CC(C)CC(C)NS(=O)(=O)c1cc(Br)ccc1N. The van der Waals surface area contributed by atoms with Gasteiger partial charge in [-0.05, 0) is 37.5 Å². The van der Waals surface area contributed by atoms with Crippen molar-refractivity contribution in [1.29, 1.82) is 0 Å². The van der Waals surface area contributed by atoms with E-state index in [1.165, 1.54) is 6.07 Å². The molecule has 0 spiro atoms. The first-order valence-corrected chi connectivity index (χ1v) is 8.07. The molecule has 1 unspecified atom stereocenters. The van der Waals surface area contributed by atoms with Crippen molar-refractivity contribution >= 4 is 31.6 Å². The van der Waals surface area contributed by atoms with E-state index in [2.05, 4.69) is 34.5 Å². The van der Waals surface area contributed by atoms with Gasteiger partial charge in [-0.1, -0.05) is 29.8 Å². The van der Waals surface area contributed by atoms with Crippen molar-refractivity contribution in [2.75, 3.05) is 5.73 Å². The van der Waals surface area contributed by atoms with Gasteiger partial charge in [0.25, 0.3) is 0 Å². The van der Waals surface area contributed by atoms with Crippen LogP contribution in [0.1, 0.15) is 27.2 Å². The van der Waals surface area contributed by atoms with Gasteiger partial charge in [-0.3, -0.25) is 0 Å². The summed E-state index contributed by atoms with van der Waals surface area (Å²) in [6.45, 7) is 5.96. The lowest BCUT2D eigenvalue weighted by molar-refractivity contribution is 0.482. The molecule has 0 aliphatic carbocycles. The van der Waals surface area contributed by atoms with Crippen LogP contribution < -0.4 is 10.5 Å². The number of nitrogen functional groups attached to an aromatic ring is 1. The summed E-state index contributed by atoms with van der Waals surface area (Å²) in [5, 5.41) is 0. The quantitative estimate of drug-likeness (QED) is 0.813. The Kier molecular flexibility index (Phi) is 5.19. The fraction of sp³-hybridized carbons (Fsp3) is 0.500. The van der Waals surface area contributed by atoms with Gasteiger partial charge in [0.2, 0.25) is 10.0 Å². The maximum Gasteiger partial charge on any atom is 0.242 e. The second-order valence-corrected chi connectivity index (χ2v) is 7.43. The van der Waals surface area contributed by atoms with Crippen molar-refractivity contribution in [2.24, 2.45) is 5.92 Å². The van der Waals surface area contributed by atoms with Gasteiger partial charge >= 0.3 is 0 Å². The number of rotatable bonds is 5. The Labute approximate surface area is 117 Å². The Bertz CT molecular complexity index is 515. The summed E-state index contributed by atoms with van der Waals surface area (Å²) in [5.74, 6) is 0.433. The second-order valence-electron chi connectivity index (χ2n) is 4.83. The van der Waals surface area contributed by atoms with E-state index in [-0.39, 0.29) is 16.6 Å². The highest BCUT2D eigenvalue weighted by atomic mass is 79.9. The van der Waals surface area contributed by atoms with Crippen LogP contribution in [0.2, 0.25) is 0 Å². The fourth-order valence-corrected chi connectivity index (χ4v) is 3.75. The molecule has 1 atom stereocenters. The molecule has 0 fully saturated rings. The van der Waals surface area contributed by atoms with Crippen LogP contribution >= 0.6 is 15.9 Å². The first-order chi connectivity index (χ1) is 8.22. The van der Waals surface area contributed by atoms with Gasteiger partial charge in [0.15, 0.2) is 0 Å². The van der Waals surface area contributed by atoms with E-state index in [1.807, 2.05) is 6.92 Å². The highest BCUT2D eigenvalue weighted by Crippen LogP contribution is 2.23. The van der Waals surface area contributed by atoms with Crippen LogP contribution in [0.25, 0.3) is 0 Å². The van der Waals surface area contributed by atoms with Crippen LogP contribution in [0.5, 0.6) is 0 Å². The van der Waals surface area contributed by atoms with Crippen LogP contribution in [0.4, 0.5) is 5.69 Å². The number of halogens is 1. The highest BCUT2D eigenvalue weighted by molar-refractivity contribution is 9.10. The van der Waals surface area contributed by atoms with Gasteiger partial charge in [-0.25, -0.2) is 13.1 Å². The molecule has 0 saturated carbocycles. The van der Waals surface area contributed by atoms with E-state index in [9.17, 15) is 8.42 Å². The standard InChI is InChI=1S/C12H19BrN2O2S/c1-8(2)6-9(3)15-18(16,17)12-7-10(13)4-5-11(12)14/h4-5,7-9,15H,6,14H2,1-3H3. The van der Waals surface area contributed by atoms with Gasteiger partial charge in [0.1, 0.15) is 4.90 Å². The zero-order valence-corrected chi connectivity index (χ0v) is 13.2. The maximum atomic E-state index is 12.2. The first kappa shape index (κ1) is 15.5. The van der Waals surface area contributed by atoms with E-state index in [0.717, 1.165) is 6.42 Å². The predicted molar refractivity (Wildman–Crippen MR) is 77.8 cm³/mol. The van der Waals surface area contributed by atoms with Gasteiger partial charge in [0.05, 0.1) is 5.69 Å². The van der Waals surface area contributed by atoms with E-state index in [1.54, 1.807) is 12.1 Å². The van der Waals surface area contributed by atoms with Crippen LogP contribution in [-0.4, -0.2) is 14.5 Å². The molecule has 0 aliphatic heterocycles. The molecule has 0 heterocycles. The summed E-state index contributed by atoms with van der Waals surface area (Å²) in [7, 11) is -3.56. The molecule has 0 aromatic heterocycles. The molecular formula is C12H19BrN2O2S. The predicted octanol–water partition coefficient (Wildman–Crippen LogP) is 2.74. The summed E-state index contributed by atoms with van der Waals surface area (Å²) in [6, 6.07) is 4.69. The summed E-state index contributed by atoms with van der Waals surface area (Å²) < 4.78 is 27.7. The molecule has 0 aliphatic rings. The zero-order chi connectivity index (χ0) is 13.9.